The normalized spacial score (nSPS) is 10.6. The molecule has 0 bridgehead atoms. The van der Waals surface area contributed by atoms with Crippen molar-refractivity contribution in [2.45, 2.75) is 12.1 Å². The summed E-state index contributed by atoms with van der Waals surface area (Å²) in [5.74, 6) is 0.00596. The Hall–Kier alpha value is -2.33. The van der Waals surface area contributed by atoms with Gasteiger partial charge in [-0.25, -0.2) is 0 Å². The summed E-state index contributed by atoms with van der Waals surface area (Å²) in [5.41, 5.74) is 3.56. The van der Waals surface area contributed by atoms with E-state index >= 15 is 0 Å². The number of carbonyl (C=O) groups excluding carboxylic acids is 1. The SMILES string of the molecule is Cc1ccc(-n2nnnc2SCC(=O)Nc2nncs2)cc1. The van der Waals surface area contributed by atoms with Gasteiger partial charge in [-0.2, -0.15) is 4.68 Å². The Morgan fingerprint density at radius 1 is 1.32 bits per heavy atom. The van der Waals surface area contributed by atoms with E-state index < -0.39 is 0 Å². The number of nitrogens with zero attached hydrogens (tertiary/aromatic N) is 6. The van der Waals surface area contributed by atoms with Crippen LogP contribution >= 0.6 is 23.1 Å². The molecule has 1 N–H and O–H groups in total. The summed E-state index contributed by atoms with van der Waals surface area (Å²) < 4.78 is 1.60. The second-order valence-electron chi connectivity index (χ2n) is 4.29. The lowest BCUT2D eigenvalue weighted by atomic mass is 10.2. The number of rotatable bonds is 5. The Kier molecular flexibility index (Phi) is 4.39. The molecule has 2 heterocycles. The molecule has 0 spiro atoms. The highest BCUT2D eigenvalue weighted by Crippen LogP contribution is 2.19. The number of thioether (sulfide) groups is 1. The summed E-state index contributed by atoms with van der Waals surface area (Å²) in [6.07, 6.45) is 0. The number of hydrogen-bond acceptors (Lipinski definition) is 8. The van der Waals surface area contributed by atoms with Crippen molar-refractivity contribution >= 4 is 34.1 Å². The second-order valence-corrected chi connectivity index (χ2v) is 6.07. The van der Waals surface area contributed by atoms with E-state index in [0.29, 0.717) is 10.3 Å². The Morgan fingerprint density at radius 2 is 2.14 bits per heavy atom. The lowest BCUT2D eigenvalue weighted by molar-refractivity contribution is -0.113. The molecular weight excluding hydrogens is 322 g/mol. The van der Waals surface area contributed by atoms with Gasteiger partial charge in [0.25, 0.3) is 0 Å². The zero-order chi connectivity index (χ0) is 15.4. The topological polar surface area (TPSA) is 98.5 Å². The molecule has 10 heteroatoms. The van der Waals surface area contributed by atoms with Crippen molar-refractivity contribution in [2.75, 3.05) is 11.1 Å². The van der Waals surface area contributed by atoms with Gasteiger partial charge >= 0.3 is 0 Å². The number of hydrogen-bond donors (Lipinski definition) is 1. The Balaban J connectivity index is 1.65. The highest BCUT2D eigenvalue weighted by molar-refractivity contribution is 7.99. The van der Waals surface area contributed by atoms with E-state index in [2.05, 4.69) is 31.0 Å². The van der Waals surface area contributed by atoms with Crippen LogP contribution in [0.15, 0.2) is 34.9 Å². The van der Waals surface area contributed by atoms with Gasteiger partial charge in [-0.15, -0.1) is 15.3 Å². The molecule has 0 radical (unpaired) electrons. The Morgan fingerprint density at radius 3 is 2.86 bits per heavy atom. The van der Waals surface area contributed by atoms with Crippen molar-refractivity contribution < 1.29 is 4.79 Å². The van der Waals surface area contributed by atoms with Crippen LogP contribution in [0.2, 0.25) is 0 Å². The van der Waals surface area contributed by atoms with Crippen LogP contribution in [-0.2, 0) is 4.79 Å². The number of amides is 1. The van der Waals surface area contributed by atoms with E-state index in [0.717, 1.165) is 11.3 Å². The molecule has 3 aromatic rings. The fourth-order valence-corrected chi connectivity index (χ4v) is 2.78. The third-order valence-corrected chi connectivity index (χ3v) is 4.18. The molecule has 0 aliphatic rings. The minimum atomic E-state index is -0.180. The quantitative estimate of drug-likeness (QED) is 0.707. The lowest BCUT2D eigenvalue weighted by Gasteiger charge is -2.04. The minimum Gasteiger partial charge on any atom is -0.300 e. The lowest BCUT2D eigenvalue weighted by Crippen LogP contribution is -2.14. The smallest absolute Gasteiger partial charge is 0.236 e. The van der Waals surface area contributed by atoms with E-state index in [1.165, 1.54) is 23.1 Å². The summed E-state index contributed by atoms with van der Waals surface area (Å²) >= 11 is 2.52. The molecule has 0 saturated carbocycles. The predicted molar refractivity (Wildman–Crippen MR) is 83.2 cm³/mol. The second kappa shape index (κ2) is 6.62. The third-order valence-electron chi connectivity index (χ3n) is 2.66. The third kappa shape index (κ3) is 3.46. The Labute approximate surface area is 134 Å². The summed E-state index contributed by atoms with van der Waals surface area (Å²) in [4.78, 5) is 11.8. The van der Waals surface area contributed by atoms with Gasteiger partial charge in [-0.3, -0.25) is 10.1 Å². The van der Waals surface area contributed by atoms with Gasteiger partial charge in [0.05, 0.1) is 11.4 Å². The number of carbonyl (C=O) groups is 1. The van der Waals surface area contributed by atoms with Gasteiger partial charge in [0.1, 0.15) is 5.51 Å². The highest BCUT2D eigenvalue weighted by Gasteiger charge is 2.12. The summed E-state index contributed by atoms with van der Waals surface area (Å²) in [7, 11) is 0. The fourth-order valence-electron chi connectivity index (χ4n) is 1.63. The zero-order valence-corrected chi connectivity index (χ0v) is 13.1. The van der Waals surface area contributed by atoms with Crippen LogP contribution in [0.1, 0.15) is 5.56 Å². The number of aromatic nitrogens is 6. The molecule has 0 aliphatic carbocycles. The largest absolute Gasteiger partial charge is 0.300 e. The molecule has 0 aliphatic heterocycles. The molecule has 0 fully saturated rings. The number of aryl methyl sites for hydroxylation is 1. The van der Waals surface area contributed by atoms with Crippen LogP contribution in [0.3, 0.4) is 0 Å². The van der Waals surface area contributed by atoms with Crippen LogP contribution in [0.4, 0.5) is 5.13 Å². The first-order valence-corrected chi connectivity index (χ1v) is 8.13. The maximum atomic E-state index is 11.8. The minimum absolute atomic E-state index is 0.180. The standard InChI is InChI=1S/C12H11N7OS2/c1-8-2-4-9(5-3-8)19-12(16-17-18-19)21-6-10(20)14-11-15-13-7-22-11/h2-5,7H,6H2,1H3,(H,14,15,20). The summed E-state index contributed by atoms with van der Waals surface area (Å²) in [5, 5.41) is 22.7. The molecule has 1 amide bonds. The summed E-state index contributed by atoms with van der Waals surface area (Å²) in [6.45, 7) is 2.01. The predicted octanol–water partition coefficient (Wildman–Crippen LogP) is 1.55. The van der Waals surface area contributed by atoms with Gasteiger partial charge in [0, 0.05) is 0 Å². The van der Waals surface area contributed by atoms with Crippen LogP contribution in [0.5, 0.6) is 0 Å². The van der Waals surface area contributed by atoms with Crippen LogP contribution in [0.25, 0.3) is 5.69 Å². The van der Waals surface area contributed by atoms with Crippen molar-refractivity contribution in [1.29, 1.82) is 0 Å². The molecule has 22 heavy (non-hydrogen) atoms. The van der Waals surface area contributed by atoms with Gasteiger partial charge < -0.3 is 0 Å². The van der Waals surface area contributed by atoms with E-state index in [4.69, 9.17) is 0 Å². The molecule has 2 aromatic heterocycles. The Bertz CT molecular complexity index is 754. The van der Waals surface area contributed by atoms with Crippen LogP contribution < -0.4 is 5.32 Å². The van der Waals surface area contributed by atoms with Crippen molar-refractivity contribution in [3.05, 3.63) is 35.3 Å². The molecule has 0 atom stereocenters. The maximum Gasteiger partial charge on any atom is 0.236 e. The first kappa shape index (κ1) is 14.6. The monoisotopic (exact) mass is 333 g/mol. The molecule has 3 rings (SSSR count). The van der Waals surface area contributed by atoms with Crippen molar-refractivity contribution in [1.82, 2.24) is 30.4 Å². The summed E-state index contributed by atoms with van der Waals surface area (Å²) in [6, 6.07) is 7.81. The molecule has 0 unspecified atom stereocenters. The molecule has 8 nitrogen and oxygen atoms in total. The van der Waals surface area contributed by atoms with Gasteiger partial charge in [0.15, 0.2) is 0 Å². The number of nitrogens with one attached hydrogen (secondary N) is 1. The highest BCUT2D eigenvalue weighted by atomic mass is 32.2. The van der Waals surface area contributed by atoms with Gasteiger partial charge in [0.2, 0.25) is 16.2 Å². The number of tetrazole rings is 1. The first-order chi connectivity index (χ1) is 10.7. The van der Waals surface area contributed by atoms with Crippen LogP contribution in [-0.4, -0.2) is 42.1 Å². The average molecular weight is 333 g/mol. The van der Waals surface area contributed by atoms with E-state index in [1.54, 1.807) is 10.2 Å². The molecule has 1 aromatic carbocycles. The van der Waals surface area contributed by atoms with Crippen molar-refractivity contribution in [3.8, 4) is 5.69 Å². The number of benzene rings is 1. The first-order valence-electron chi connectivity index (χ1n) is 6.26. The molecule has 0 saturated heterocycles. The van der Waals surface area contributed by atoms with Crippen molar-refractivity contribution in [3.63, 3.8) is 0 Å². The fraction of sp³-hybridized carbons (Fsp3) is 0.167. The van der Waals surface area contributed by atoms with Gasteiger partial charge in [-0.05, 0) is 29.5 Å². The van der Waals surface area contributed by atoms with E-state index in [1.807, 2.05) is 31.2 Å². The van der Waals surface area contributed by atoms with E-state index in [9.17, 15) is 4.79 Å². The number of anilines is 1. The van der Waals surface area contributed by atoms with Crippen LogP contribution in [0, 0.1) is 6.92 Å². The zero-order valence-electron chi connectivity index (χ0n) is 11.5. The molecular formula is C12H11N7OS2. The van der Waals surface area contributed by atoms with Gasteiger partial charge in [-0.1, -0.05) is 40.8 Å². The van der Waals surface area contributed by atoms with Crippen molar-refractivity contribution in [2.24, 2.45) is 0 Å². The molecule has 112 valence electrons. The van der Waals surface area contributed by atoms with E-state index in [-0.39, 0.29) is 11.7 Å². The maximum absolute atomic E-state index is 11.8. The average Bonchev–Trinajstić information content (AvgIpc) is 3.17.